The molecule has 0 saturated heterocycles. The molecule has 2 aliphatic rings. The van der Waals surface area contributed by atoms with Crippen molar-refractivity contribution in [3.05, 3.63) is 29.8 Å². The molecule has 0 aliphatic heterocycles. The number of sulfonamides is 1. The summed E-state index contributed by atoms with van der Waals surface area (Å²) in [6, 6.07) is 6.67. The van der Waals surface area contributed by atoms with Gasteiger partial charge in [0, 0.05) is 12.2 Å². The van der Waals surface area contributed by atoms with Gasteiger partial charge in [0.25, 0.3) is 0 Å². The lowest BCUT2D eigenvalue weighted by Crippen LogP contribution is -2.59. The van der Waals surface area contributed by atoms with E-state index in [0.717, 1.165) is 31.1 Å². The van der Waals surface area contributed by atoms with Crippen LogP contribution in [0, 0.1) is 10.8 Å². The Morgan fingerprint density at radius 2 is 1.76 bits per heavy atom. The van der Waals surface area contributed by atoms with E-state index in [2.05, 4.69) is 10.0 Å². The lowest BCUT2D eigenvalue weighted by molar-refractivity contribution is -0.178. The highest BCUT2D eigenvalue weighted by molar-refractivity contribution is 7.88. The van der Waals surface area contributed by atoms with Crippen molar-refractivity contribution in [2.24, 2.45) is 10.8 Å². The van der Waals surface area contributed by atoms with Gasteiger partial charge in [-0.15, -0.1) is 0 Å². The highest BCUT2D eigenvalue weighted by atomic mass is 32.2. The van der Waals surface area contributed by atoms with E-state index in [1.807, 2.05) is 0 Å². The highest BCUT2D eigenvalue weighted by Crippen LogP contribution is 2.64. The van der Waals surface area contributed by atoms with Crippen LogP contribution in [0.4, 0.5) is 5.69 Å². The predicted molar refractivity (Wildman–Crippen MR) is 92.3 cm³/mol. The maximum atomic E-state index is 12.5. The van der Waals surface area contributed by atoms with Crippen LogP contribution in [-0.4, -0.2) is 31.7 Å². The first-order valence-corrected chi connectivity index (χ1v) is 10.1. The van der Waals surface area contributed by atoms with Gasteiger partial charge in [0.1, 0.15) is 5.41 Å². The number of carboxylic acid groups (broad SMARTS) is 1. The summed E-state index contributed by atoms with van der Waals surface area (Å²) in [4.78, 5) is 24.2. The molecule has 0 radical (unpaired) electrons. The number of anilines is 1. The molecule has 2 fully saturated rings. The molecule has 0 aromatic heterocycles. The number of aliphatic carboxylic acids is 1. The third-order valence-electron chi connectivity index (χ3n) is 5.36. The minimum atomic E-state index is -3.27. The molecule has 1 aromatic rings. The molecule has 2 saturated carbocycles. The van der Waals surface area contributed by atoms with E-state index < -0.39 is 27.3 Å². The molecule has 3 N–H and O–H groups in total. The number of benzene rings is 1. The van der Waals surface area contributed by atoms with Gasteiger partial charge >= 0.3 is 5.97 Å². The topological polar surface area (TPSA) is 113 Å². The largest absolute Gasteiger partial charge is 0.480 e. The highest BCUT2D eigenvalue weighted by Gasteiger charge is 2.64. The van der Waals surface area contributed by atoms with E-state index >= 15 is 0 Å². The van der Waals surface area contributed by atoms with Gasteiger partial charge in [0.2, 0.25) is 15.9 Å². The Morgan fingerprint density at radius 1 is 1.16 bits per heavy atom. The van der Waals surface area contributed by atoms with Gasteiger partial charge in [-0.3, -0.25) is 9.59 Å². The first-order valence-electron chi connectivity index (χ1n) is 8.23. The zero-order valence-electron chi connectivity index (χ0n) is 14.0. The van der Waals surface area contributed by atoms with Crippen LogP contribution in [0.2, 0.25) is 0 Å². The predicted octanol–water partition coefficient (Wildman–Crippen LogP) is 1.71. The van der Waals surface area contributed by atoms with Crippen molar-refractivity contribution in [3.8, 4) is 0 Å². The molecular weight excluding hydrogens is 344 g/mol. The number of rotatable bonds is 6. The zero-order chi connectivity index (χ0) is 18.3. The van der Waals surface area contributed by atoms with Gasteiger partial charge in [-0.2, -0.15) is 0 Å². The molecule has 0 atom stereocenters. The van der Waals surface area contributed by atoms with Crippen LogP contribution in [0.3, 0.4) is 0 Å². The summed E-state index contributed by atoms with van der Waals surface area (Å²) in [5, 5.41) is 12.2. The van der Waals surface area contributed by atoms with Gasteiger partial charge in [0.15, 0.2) is 0 Å². The van der Waals surface area contributed by atoms with Gasteiger partial charge in [-0.1, -0.05) is 18.6 Å². The molecule has 8 heteroatoms. The minimum absolute atomic E-state index is 0.0664. The average Bonchev–Trinajstić information content (AvgIpc) is 2.43. The molecule has 1 aromatic carbocycles. The fourth-order valence-corrected chi connectivity index (χ4v) is 4.27. The van der Waals surface area contributed by atoms with Gasteiger partial charge in [-0.25, -0.2) is 13.1 Å². The third kappa shape index (κ3) is 3.55. The van der Waals surface area contributed by atoms with E-state index in [1.54, 1.807) is 24.3 Å². The first-order chi connectivity index (χ1) is 11.6. The number of amides is 1. The van der Waals surface area contributed by atoms with Crippen molar-refractivity contribution in [1.29, 1.82) is 0 Å². The maximum absolute atomic E-state index is 12.5. The SMILES string of the molecule is CS(=O)(=O)NCc1ccc(NC(=O)C2(C(=O)O)CC3(CCC3)C2)cc1. The molecule has 3 rings (SSSR count). The lowest BCUT2D eigenvalue weighted by Gasteiger charge is -2.58. The fourth-order valence-electron chi connectivity index (χ4n) is 3.84. The Bertz CT molecular complexity index is 789. The van der Waals surface area contributed by atoms with Crippen molar-refractivity contribution in [2.45, 2.75) is 38.6 Å². The molecule has 7 nitrogen and oxygen atoms in total. The van der Waals surface area contributed by atoms with Crippen molar-refractivity contribution < 1.29 is 23.1 Å². The second kappa shape index (κ2) is 6.10. The Balaban J connectivity index is 1.63. The molecular formula is C17H22N2O5S. The van der Waals surface area contributed by atoms with Crippen molar-refractivity contribution in [2.75, 3.05) is 11.6 Å². The van der Waals surface area contributed by atoms with Crippen LogP contribution in [-0.2, 0) is 26.2 Å². The Hall–Kier alpha value is -1.93. The van der Waals surface area contributed by atoms with Gasteiger partial charge < -0.3 is 10.4 Å². The second-order valence-corrected chi connectivity index (χ2v) is 9.17. The van der Waals surface area contributed by atoms with Crippen molar-refractivity contribution in [1.82, 2.24) is 4.72 Å². The second-order valence-electron chi connectivity index (χ2n) is 7.34. The van der Waals surface area contributed by atoms with Crippen LogP contribution >= 0.6 is 0 Å². The molecule has 1 amide bonds. The normalized spacial score (nSPS) is 20.4. The Labute approximate surface area is 146 Å². The quantitative estimate of drug-likeness (QED) is 0.664. The molecule has 25 heavy (non-hydrogen) atoms. The van der Waals surface area contributed by atoms with E-state index in [9.17, 15) is 23.1 Å². The zero-order valence-corrected chi connectivity index (χ0v) is 14.9. The standard InChI is InChI=1S/C17H22N2O5S/c1-25(23,24)18-9-12-3-5-13(6-4-12)19-14(20)17(15(21)22)10-16(11-17)7-2-8-16/h3-6,18H,2,7-11H2,1H3,(H,19,20)(H,21,22). The summed E-state index contributed by atoms with van der Waals surface area (Å²) in [6.07, 6.45) is 5.05. The summed E-state index contributed by atoms with van der Waals surface area (Å²) in [7, 11) is -3.27. The molecule has 0 heterocycles. The average molecular weight is 366 g/mol. The first kappa shape index (κ1) is 17.9. The molecule has 136 valence electrons. The number of hydrogen-bond acceptors (Lipinski definition) is 4. The summed E-state index contributed by atoms with van der Waals surface area (Å²) in [5.74, 6) is -1.53. The van der Waals surface area contributed by atoms with E-state index in [1.165, 1.54) is 0 Å². The number of carboxylic acids is 1. The molecule has 2 aliphatic carbocycles. The number of carbonyl (C=O) groups is 2. The van der Waals surface area contributed by atoms with Crippen LogP contribution in [0.5, 0.6) is 0 Å². The Kier molecular flexibility index (Phi) is 4.36. The summed E-state index contributed by atoms with van der Waals surface area (Å²) >= 11 is 0. The monoisotopic (exact) mass is 366 g/mol. The molecule has 0 bridgehead atoms. The molecule has 0 unspecified atom stereocenters. The van der Waals surface area contributed by atoms with Crippen LogP contribution in [0.15, 0.2) is 24.3 Å². The van der Waals surface area contributed by atoms with Crippen molar-refractivity contribution in [3.63, 3.8) is 0 Å². The minimum Gasteiger partial charge on any atom is -0.480 e. The van der Waals surface area contributed by atoms with E-state index in [0.29, 0.717) is 18.5 Å². The Morgan fingerprint density at radius 3 is 2.20 bits per heavy atom. The van der Waals surface area contributed by atoms with Gasteiger partial charge in [-0.05, 0) is 48.8 Å². The maximum Gasteiger partial charge on any atom is 0.319 e. The number of hydrogen-bond donors (Lipinski definition) is 3. The van der Waals surface area contributed by atoms with Crippen LogP contribution < -0.4 is 10.0 Å². The van der Waals surface area contributed by atoms with E-state index in [-0.39, 0.29) is 12.0 Å². The fraction of sp³-hybridized carbons (Fsp3) is 0.529. The number of nitrogens with one attached hydrogen (secondary N) is 2. The summed E-state index contributed by atoms with van der Waals surface area (Å²) < 4.78 is 24.6. The van der Waals surface area contributed by atoms with Crippen LogP contribution in [0.1, 0.15) is 37.7 Å². The smallest absolute Gasteiger partial charge is 0.319 e. The van der Waals surface area contributed by atoms with Gasteiger partial charge in [0.05, 0.1) is 6.26 Å². The molecule has 1 spiro atoms. The van der Waals surface area contributed by atoms with E-state index in [4.69, 9.17) is 0 Å². The third-order valence-corrected chi connectivity index (χ3v) is 6.03. The summed E-state index contributed by atoms with van der Waals surface area (Å²) in [6.45, 7) is 0.161. The lowest BCUT2D eigenvalue weighted by atomic mass is 9.45. The summed E-state index contributed by atoms with van der Waals surface area (Å²) in [5.41, 5.74) is -0.00914. The van der Waals surface area contributed by atoms with Crippen molar-refractivity contribution >= 4 is 27.6 Å². The number of carbonyl (C=O) groups excluding carboxylic acids is 1. The van der Waals surface area contributed by atoms with Crippen LogP contribution in [0.25, 0.3) is 0 Å².